The summed E-state index contributed by atoms with van der Waals surface area (Å²) in [4.78, 5) is 38.0. The van der Waals surface area contributed by atoms with Crippen molar-refractivity contribution in [3.63, 3.8) is 0 Å². The second kappa shape index (κ2) is 9.14. The molecule has 0 unspecified atom stereocenters. The standard InChI is InChI=1S/C17H24N4O5/c1-3-19(4-2)9-5-8-18-16(22)11-20-12-17(23)26-15-10-13(21(24)25)6-7-14(15)20/h6-7,10H,3-5,8-9,11-12H2,1-2H3,(H,18,22). The van der Waals surface area contributed by atoms with E-state index in [1.165, 1.54) is 18.2 Å². The summed E-state index contributed by atoms with van der Waals surface area (Å²) >= 11 is 0. The fraction of sp³-hybridized carbons (Fsp3) is 0.529. The van der Waals surface area contributed by atoms with Crippen LogP contribution in [0, 0.1) is 10.1 Å². The zero-order valence-electron chi connectivity index (χ0n) is 15.1. The van der Waals surface area contributed by atoms with Crippen LogP contribution in [0.25, 0.3) is 0 Å². The molecule has 0 aliphatic carbocycles. The van der Waals surface area contributed by atoms with Crippen molar-refractivity contribution in [1.82, 2.24) is 10.2 Å². The molecule has 142 valence electrons. The molecular weight excluding hydrogens is 340 g/mol. The number of nitro groups is 1. The van der Waals surface area contributed by atoms with Gasteiger partial charge in [-0.2, -0.15) is 0 Å². The Morgan fingerprint density at radius 3 is 2.77 bits per heavy atom. The molecule has 9 nitrogen and oxygen atoms in total. The van der Waals surface area contributed by atoms with Gasteiger partial charge in [0.05, 0.1) is 23.2 Å². The summed E-state index contributed by atoms with van der Waals surface area (Å²) < 4.78 is 5.06. The number of non-ortho nitro benzene ring substituents is 1. The lowest BCUT2D eigenvalue weighted by Gasteiger charge is -2.29. The monoisotopic (exact) mass is 364 g/mol. The summed E-state index contributed by atoms with van der Waals surface area (Å²) in [7, 11) is 0. The van der Waals surface area contributed by atoms with Gasteiger partial charge in [-0.05, 0) is 32.1 Å². The molecule has 0 radical (unpaired) electrons. The second-order valence-corrected chi connectivity index (χ2v) is 5.97. The molecule has 0 atom stereocenters. The van der Waals surface area contributed by atoms with Crippen LogP contribution in [-0.4, -0.2) is 61.0 Å². The van der Waals surface area contributed by atoms with Crippen LogP contribution in [0.15, 0.2) is 18.2 Å². The summed E-state index contributed by atoms with van der Waals surface area (Å²) in [5.41, 5.74) is 0.327. The van der Waals surface area contributed by atoms with Crippen molar-refractivity contribution in [2.45, 2.75) is 20.3 Å². The average Bonchev–Trinajstić information content (AvgIpc) is 2.61. The van der Waals surface area contributed by atoms with E-state index in [4.69, 9.17) is 4.74 Å². The van der Waals surface area contributed by atoms with Crippen LogP contribution in [-0.2, 0) is 9.59 Å². The number of esters is 1. The maximum Gasteiger partial charge on any atom is 0.331 e. The maximum absolute atomic E-state index is 12.2. The lowest BCUT2D eigenvalue weighted by molar-refractivity contribution is -0.384. The lowest BCUT2D eigenvalue weighted by Crippen LogP contribution is -2.43. The van der Waals surface area contributed by atoms with E-state index in [0.29, 0.717) is 12.2 Å². The van der Waals surface area contributed by atoms with Crippen molar-refractivity contribution < 1.29 is 19.2 Å². The normalized spacial score (nSPS) is 13.3. The molecule has 26 heavy (non-hydrogen) atoms. The molecule has 1 heterocycles. The van der Waals surface area contributed by atoms with Gasteiger partial charge in [0, 0.05) is 12.6 Å². The molecule has 0 bridgehead atoms. The third-order valence-corrected chi connectivity index (χ3v) is 4.24. The number of hydrogen-bond donors (Lipinski definition) is 1. The number of hydrogen-bond acceptors (Lipinski definition) is 7. The Labute approximate surface area is 152 Å². The molecule has 0 fully saturated rings. The van der Waals surface area contributed by atoms with E-state index in [-0.39, 0.29) is 30.4 Å². The number of carbonyl (C=O) groups excluding carboxylic acids is 2. The Hall–Kier alpha value is -2.68. The van der Waals surface area contributed by atoms with E-state index in [9.17, 15) is 19.7 Å². The predicted molar refractivity (Wildman–Crippen MR) is 96.4 cm³/mol. The third kappa shape index (κ3) is 5.16. The molecule has 1 aliphatic rings. The number of nitrogens with one attached hydrogen (secondary N) is 1. The van der Waals surface area contributed by atoms with Gasteiger partial charge in [0.2, 0.25) is 5.91 Å². The van der Waals surface area contributed by atoms with Gasteiger partial charge < -0.3 is 19.9 Å². The lowest BCUT2D eigenvalue weighted by atomic mass is 10.2. The number of carbonyl (C=O) groups is 2. The Morgan fingerprint density at radius 1 is 1.38 bits per heavy atom. The van der Waals surface area contributed by atoms with Gasteiger partial charge in [-0.15, -0.1) is 0 Å². The number of benzene rings is 1. The van der Waals surface area contributed by atoms with E-state index < -0.39 is 10.9 Å². The van der Waals surface area contributed by atoms with Gasteiger partial charge >= 0.3 is 5.97 Å². The minimum Gasteiger partial charge on any atom is -0.423 e. The quantitative estimate of drug-likeness (QED) is 0.230. The van der Waals surface area contributed by atoms with Crippen LogP contribution >= 0.6 is 0 Å². The summed E-state index contributed by atoms with van der Waals surface area (Å²) in [6.45, 7) is 7.53. The number of nitrogens with zero attached hydrogens (tertiary/aromatic N) is 3. The van der Waals surface area contributed by atoms with Gasteiger partial charge in [0.15, 0.2) is 5.75 Å². The fourth-order valence-electron chi connectivity index (χ4n) is 2.80. The summed E-state index contributed by atoms with van der Waals surface area (Å²) in [6.07, 6.45) is 0.845. The van der Waals surface area contributed by atoms with Gasteiger partial charge in [0.25, 0.3) is 5.69 Å². The summed E-state index contributed by atoms with van der Waals surface area (Å²) in [6, 6.07) is 4.02. The molecule has 1 aromatic rings. The van der Waals surface area contributed by atoms with Crippen molar-refractivity contribution in [2.24, 2.45) is 0 Å². The topological polar surface area (TPSA) is 105 Å². The molecule has 0 saturated heterocycles. The Balaban J connectivity index is 1.92. The highest BCUT2D eigenvalue weighted by Crippen LogP contribution is 2.34. The smallest absolute Gasteiger partial charge is 0.331 e. The van der Waals surface area contributed by atoms with Crippen molar-refractivity contribution >= 4 is 23.3 Å². The highest BCUT2D eigenvalue weighted by molar-refractivity contribution is 5.89. The number of amides is 1. The van der Waals surface area contributed by atoms with Crippen molar-refractivity contribution in [2.75, 3.05) is 44.2 Å². The number of fused-ring (bicyclic) bond motifs is 1. The van der Waals surface area contributed by atoms with Gasteiger partial charge in [-0.3, -0.25) is 14.9 Å². The largest absolute Gasteiger partial charge is 0.423 e. The summed E-state index contributed by atoms with van der Waals surface area (Å²) in [5, 5.41) is 13.7. The molecule has 9 heteroatoms. The van der Waals surface area contributed by atoms with Gasteiger partial charge in [-0.25, -0.2) is 4.79 Å². The van der Waals surface area contributed by atoms with Crippen LogP contribution < -0.4 is 15.0 Å². The predicted octanol–water partition coefficient (Wildman–Crippen LogP) is 1.17. The van der Waals surface area contributed by atoms with Gasteiger partial charge in [0.1, 0.15) is 6.54 Å². The number of ether oxygens (including phenoxy) is 1. The molecule has 1 amide bonds. The zero-order chi connectivity index (χ0) is 19.1. The molecule has 0 spiro atoms. The number of rotatable bonds is 9. The molecule has 0 aromatic heterocycles. The first kappa shape index (κ1) is 19.6. The fourth-order valence-corrected chi connectivity index (χ4v) is 2.80. The van der Waals surface area contributed by atoms with E-state index >= 15 is 0 Å². The van der Waals surface area contributed by atoms with Crippen LogP contribution in [0.2, 0.25) is 0 Å². The van der Waals surface area contributed by atoms with E-state index in [1.807, 2.05) is 0 Å². The van der Waals surface area contributed by atoms with E-state index in [2.05, 4.69) is 24.1 Å². The molecule has 0 saturated carbocycles. The zero-order valence-corrected chi connectivity index (χ0v) is 15.1. The maximum atomic E-state index is 12.2. The third-order valence-electron chi connectivity index (χ3n) is 4.24. The molecule has 1 aromatic carbocycles. The Bertz CT molecular complexity index is 675. The molecule has 2 rings (SSSR count). The highest BCUT2D eigenvalue weighted by atomic mass is 16.6. The summed E-state index contributed by atoms with van der Waals surface area (Å²) in [5.74, 6) is -0.652. The van der Waals surface area contributed by atoms with Crippen LogP contribution in [0.5, 0.6) is 5.75 Å². The average molecular weight is 364 g/mol. The van der Waals surface area contributed by atoms with E-state index in [0.717, 1.165) is 26.1 Å². The minimum absolute atomic E-state index is 0.00875. The van der Waals surface area contributed by atoms with Gasteiger partial charge in [-0.1, -0.05) is 13.8 Å². The van der Waals surface area contributed by atoms with Crippen molar-refractivity contribution in [1.29, 1.82) is 0 Å². The van der Waals surface area contributed by atoms with Crippen LogP contribution in [0.3, 0.4) is 0 Å². The first-order chi connectivity index (χ1) is 12.4. The highest BCUT2D eigenvalue weighted by Gasteiger charge is 2.27. The van der Waals surface area contributed by atoms with Crippen molar-refractivity contribution in [3.05, 3.63) is 28.3 Å². The molecule has 1 N–H and O–H groups in total. The SMILES string of the molecule is CCN(CC)CCCNC(=O)CN1CC(=O)Oc2cc([N+](=O)[O-])ccc21. The Morgan fingerprint density at radius 2 is 2.12 bits per heavy atom. The Kier molecular flexibility index (Phi) is 6.90. The van der Waals surface area contributed by atoms with Crippen molar-refractivity contribution in [3.8, 4) is 5.75 Å². The minimum atomic E-state index is -0.560. The first-order valence-electron chi connectivity index (χ1n) is 8.67. The molecule has 1 aliphatic heterocycles. The molecular formula is C17H24N4O5. The van der Waals surface area contributed by atoms with Crippen LogP contribution in [0.1, 0.15) is 20.3 Å². The number of nitro benzene ring substituents is 1. The van der Waals surface area contributed by atoms with E-state index in [1.54, 1.807) is 4.90 Å². The second-order valence-electron chi connectivity index (χ2n) is 5.97. The number of anilines is 1. The first-order valence-corrected chi connectivity index (χ1v) is 8.67. The van der Waals surface area contributed by atoms with Crippen LogP contribution in [0.4, 0.5) is 11.4 Å².